The summed E-state index contributed by atoms with van der Waals surface area (Å²) >= 11 is 1.09. The molecule has 8 nitrogen and oxygen atoms in total. The Hall–Kier alpha value is -1.94. The first kappa shape index (κ1) is 14.5. The van der Waals surface area contributed by atoms with Gasteiger partial charge in [0.05, 0.1) is 25.4 Å². The van der Waals surface area contributed by atoms with Gasteiger partial charge in [0.2, 0.25) is 0 Å². The third kappa shape index (κ3) is 3.33. The molecular weight excluding hydrogens is 304 g/mol. The number of aryl methyl sites for hydroxylation is 1. The summed E-state index contributed by atoms with van der Waals surface area (Å²) in [4.78, 5) is 15.2. The highest BCUT2D eigenvalue weighted by Gasteiger charge is 2.18. The Labute approximate surface area is 119 Å². The zero-order valence-corrected chi connectivity index (χ0v) is 12.4. The zero-order valence-electron chi connectivity index (χ0n) is 10.7. The standard InChI is InChI=1S/C10H12N4O4S2/c1-14-5-8(4-11-14)20(16,17)13-10-12-7(6-19-10)3-9(15)18-2/h4-6H,3H2,1-2H3,(H,12,13). The van der Waals surface area contributed by atoms with Crippen molar-refractivity contribution >= 4 is 32.5 Å². The molecule has 2 rings (SSSR count). The molecule has 10 heteroatoms. The SMILES string of the molecule is COC(=O)Cc1csc(NS(=O)(=O)c2cnn(C)c2)n1. The highest BCUT2D eigenvalue weighted by Crippen LogP contribution is 2.20. The quantitative estimate of drug-likeness (QED) is 0.801. The molecule has 1 N–H and O–H groups in total. The number of hydrogen-bond donors (Lipinski definition) is 1. The van der Waals surface area contributed by atoms with Crippen LogP contribution in [0.5, 0.6) is 0 Å². The normalized spacial score (nSPS) is 11.3. The van der Waals surface area contributed by atoms with E-state index in [2.05, 4.69) is 19.5 Å². The molecule has 0 aliphatic rings. The number of esters is 1. The van der Waals surface area contributed by atoms with Gasteiger partial charge in [0.15, 0.2) is 5.13 Å². The van der Waals surface area contributed by atoms with Gasteiger partial charge < -0.3 is 4.74 Å². The molecule has 0 saturated heterocycles. The molecule has 0 aliphatic carbocycles. The Morgan fingerprint density at radius 3 is 2.90 bits per heavy atom. The molecule has 108 valence electrons. The number of sulfonamides is 1. The number of carbonyl (C=O) groups excluding carboxylic acids is 1. The molecular formula is C10H12N4O4S2. The van der Waals surface area contributed by atoms with Gasteiger partial charge in [-0.3, -0.25) is 14.2 Å². The Morgan fingerprint density at radius 2 is 2.30 bits per heavy atom. The second-order valence-corrected chi connectivity index (χ2v) is 6.39. The van der Waals surface area contributed by atoms with E-state index >= 15 is 0 Å². The average Bonchev–Trinajstić information content (AvgIpc) is 2.98. The molecule has 0 unspecified atom stereocenters. The largest absolute Gasteiger partial charge is 0.469 e. The van der Waals surface area contributed by atoms with Crippen LogP contribution in [-0.4, -0.2) is 36.3 Å². The Bertz CT molecular complexity index is 719. The Morgan fingerprint density at radius 1 is 1.55 bits per heavy atom. The maximum atomic E-state index is 12.0. The van der Waals surface area contributed by atoms with Crippen LogP contribution < -0.4 is 4.72 Å². The van der Waals surface area contributed by atoms with Crippen molar-refractivity contribution in [3.63, 3.8) is 0 Å². The van der Waals surface area contributed by atoms with Gasteiger partial charge in [-0.15, -0.1) is 11.3 Å². The van der Waals surface area contributed by atoms with Crippen molar-refractivity contribution in [2.24, 2.45) is 7.05 Å². The second-order valence-electron chi connectivity index (χ2n) is 3.85. The first-order valence-electron chi connectivity index (χ1n) is 5.43. The summed E-state index contributed by atoms with van der Waals surface area (Å²) in [6.45, 7) is 0. The molecule has 0 spiro atoms. The minimum atomic E-state index is -3.71. The lowest BCUT2D eigenvalue weighted by molar-refractivity contribution is -0.139. The molecule has 0 saturated carbocycles. The molecule has 0 aromatic carbocycles. The van der Waals surface area contributed by atoms with Crippen molar-refractivity contribution in [3.05, 3.63) is 23.5 Å². The molecule has 0 amide bonds. The topological polar surface area (TPSA) is 103 Å². The van der Waals surface area contributed by atoms with Crippen molar-refractivity contribution in [2.75, 3.05) is 11.8 Å². The van der Waals surface area contributed by atoms with Crippen molar-refractivity contribution in [1.29, 1.82) is 0 Å². The molecule has 2 aromatic rings. The van der Waals surface area contributed by atoms with Crippen molar-refractivity contribution in [2.45, 2.75) is 11.3 Å². The van der Waals surface area contributed by atoms with Crippen molar-refractivity contribution in [3.8, 4) is 0 Å². The minimum absolute atomic E-state index is 0.00161. The number of thiazole rings is 1. The van der Waals surface area contributed by atoms with Gasteiger partial charge in [-0.2, -0.15) is 5.10 Å². The number of carbonyl (C=O) groups is 1. The van der Waals surface area contributed by atoms with E-state index in [9.17, 15) is 13.2 Å². The molecule has 0 fully saturated rings. The third-order valence-electron chi connectivity index (χ3n) is 2.32. The summed E-state index contributed by atoms with van der Waals surface area (Å²) in [5.41, 5.74) is 0.450. The van der Waals surface area contributed by atoms with Crippen LogP contribution in [0.25, 0.3) is 0 Å². The molecule has 0 radical (unpaired) electrons. The fraction of sp³-hybridized carbons (Fsp3) is 0.300. The minimum Gasteiger partial charge on any atom is -0.469 e. The predicted octanol–water partition coefficient (Wildman–Crippen LogP) is 0.393. The van der Waals surface area contributed by atoms with Gasteiger partial charge in [0.25, 0.3) is 10.0 Å². The number of nitrogens with one attached hydrogen (secondary N) is 1. The molecule has 2 aromatic heterocycles. The number of rotatable bonds is 5. The Kier molecular flexibility index (Phi) is 4.04. The van der Waals surface area contributed by atoms with Crippen LogP contribution in [0.3, 0.4) is 0 Å². The number of anilines is 1. The lowest BCUT2D eigenvalue weighted by atomic mass is 10.3. The summed E-state index contributed by atoms with van der Waals surface area (Å²) in [6.07, 6.45) is 2.62. The smallest absolute Gasteiger partial charge is 0.311 e. The summed E-state index contributed by atoms with van der Waals surface area (Å²) in [5.74, 6) is -0.433. The summed E-state index contributed by atoms with van der Waals surface area (Å²) in [5, 5.41) is 5.58. The maximum Gasteiger partial charge on any atom is 0.311 e. The van der Waals surface area contributed by atoms with Crippen LogP contribution in [0.4, 0.5) is 5.13 Å². The number of methoxy groups -OCH3 is 1. The van der Waals surface area contributed by atoms with Crippen LogP contribution in [0.15, 0.2) is 22.7 Å². The van der Waals surface area contributed by atoms with Crippen LogP contribution in [0, 0.1) is 0 Å². The first-order valence-corrected chi connectivity index (χ1v) is 7.79. The molecule has 0 bridgehead atoms. The van der Waals surface area contributed by atoms with E-state index in [4.69, 9.17) is 0 Å². The van der Waals surface area contributed by atoms with E-state index in [0.717, 1.165) is 11.3 Å². The fourth-order valence-electron chi connectivity index (χ4n) is 1.37. The molecule has 20 heavy (non-hydrogen) atoms. The third-order valence-corrected chi connectivity index (χ3v) is 4.55. The van der Waals surface area contributed by atoms with E-state index in [0.29, 0.717) is 5.69 Å². The number of ether oxygens (including phenoxy) is 1. The summed E-state index contributed by atoms with van der Waals surface area (Å²) in [6, 6.07) is 0. The van der Waals surface area contributed by atoms with Gasteiger partial charge in [0, 0.05) is 18.6 Å². The molecule has 0 aliphatic heterocycles. The highest BCUT2D eigenvalue weighted by atomic mass is 32.2. The van der Waals surface area contributed by atoms with E-state index in [1.54, 1.807) is 12.4 Å². The van der Waals surface area contributed by atoms with Gasteiger partial charge >= 0.3 is 5.97 Å². The fourth-order valence-corrected chi connectivity index (χ4v) is 3.31. The predicted molar refractivity (Wildman–Crippen MR) is 71.9 cm³/mol. The van der Waals surface area contributed by atoms with Gasteiger partial charge in [-0.25, -0.2) is 13.4 Å². The van der Waals surface area contributed by atoms with Crippen LogP contribution in [0.2, 0.25) is 0 Å². The van der Waals surface area contributed by atoms with Crippen molar-refractivity contribution in [1.82, 2.24) is 14.8 Å². The Balaban J connectivity index is 2.12. The lowest BCUT2D eigenvalue weighted by Gasteiger charge is -2.01. The molecule has 2 heterocycles. The maximum absolute atomic E-state index is 12.0. The lowest BCUT2D eigenvalue weighted by Crippen LogP contribution is -2.12. The van der Waals surface area contributed by atoms with Gasteiger partial charge in [-0.05, 0) is 0 Å². The second kappa shape index (κ2) is 5.59. The van der Waals surface area contributed by atoms with Crippen LogP contribution in [-0.2, 0) is 33.0 Å². The van der Waals surface area contributed by atoms with E-state index in [1.165, 1.54) is 24.2 Å². The van der Waals surface area contributed by atoms with Gasteiger partial charge in [0.1, 0.15) is 4.90 Å². The monoisotopic (exact) mass is 316 g/mol. The number of hydrogen-bond acceptors (Lipinski definition) is 7. The van der Waals surface area contributed by atoms with E-state index in [-0.39, 0.29) is 16.4 Å². The zero-order chi connectivity index (χ0) is 14.8. The van der Waals surface area contributed by atoms with Crippen LogP contribution in [0.1, 0.15) is 5.69 Å². The van der Waals surface area contributed by atoms with Gasteiger partial charge in [-0.1, -0.05) is 0 Å². The van der Waals surface area contributed by atoms with E-state index in [1.807, 2.05) is 0 Å². The summed E-state index contributed by atoms with van der Waals surface area (Å²) in [7, 11) is -0.814. The van der Waals surface area contributed by atoms with Crippen LogP contribution >= 0.6 is 11.3 Å². The average molecular weight is 316 g/mol. The highest BCUT2D eigenvalue weighted by molar-refractivity contribution is 7.93. The summed E-state index contributed by atoms with van der Waals surface area (Å²) < 4.78 is 32.3. The number of aromatic nitrogens is 3. The number of nitrogens with zero attached hydrogens (tertiary/aromatic N) is 3. The van der Waals surface area contributed by atoms with E-state index < -0.39 is 16.0 Å². The molecule has 0 atom stereocenters. The first-order chi connectivity index (χ1) is 9.40. The van der Waals surface area contributed by atoms with Crippen molar-refractivity contribution < 1.29 is 17.9 Å².